The summed E-state index contributed by atoms with van der Waals surface area (Å²) in [5, 5.41) is 0.0806. The lowest BCUT2D eigenvalue weighted by Crippen LogP contribution is -2.51. The number of ether oxygens (including phenoxy) is 1. The van der Waals surface area contributed by atoms with Gasteiger partial charge in [0, 0.05) is 15.9 Å². The molecule has 2 heterocycles. The molecule has 4 heteroatoms. The summed E-state index contributed by atoms with van der Waals surface area (Å²) in [6, 6.07) is 13.9. The average Bonchev–Trinajstić information content (AvgIpc) is 2.93. The van der Waals surface area contributed by atoms with E-state index in [0.717, 1.165) is 22.6 Å². The number of rotatable bonds is 1. The Bertz CT molecular complexity index is 784. The van der Waals surface area contributed by atoms with E-state index in [0.29, 0.717) is 0 Å². The van der Waals surface area contributed by atoms with Crippen LogP contribution in [-0.2, 0) is 5.41 Å². The molecule has 0 saturated heterocycles. The van der Waals surface area contributed by atoms with Crippen molar-refractivity contribution in [1.29, 1.82) is 0 Å². The highest BCUT2D eigenvalue weighted by Gasteiger charge is 2.50. The van der Waals surface area contributed by atoms with Gasteiger partial charge in [0.15, 0.2) is 0 Å². The smallest absolute Gasteiger partial charge is 0.259 e. The van der Waals surface area contributed by atoms with Crippen molar-refractivity contribution in [2.75, 3.05) is 12.0 Å². The monoisotopic (exact) mass is 311 g/mol. The zero-order valence-electron chi connectivity index (χ0n) is 12.8. The van der Waals surface area contributed by atoms with Crippen molar-refractivity contribution in [3.8, 4) is 5.75 Å². The van der Waals surface area contributed by atoms with Gasteiger partial charge in [-0.15, -0.1) is 0 Å². The van der Waals surface area contributed by atoms with Gasteiger partial charge in [-0.3, -0.25) is 9.69 Å². The maximum absolute atomic E-state index is 13.0. The van der Waals surface area contributed by atoms with Crippen molar-refractivity contribution in [1.82, 2.24) is 0 Å². The second-order valence-electron chi connectivity index (χ2n) is 6.25. The standard InChI is InChI=1S/C18H17NO2S/c1-18(2)13-10-11(21-3)8-9-12(13)16(20)19-14-6-4-5-7-15(14)22-17(18)19/h4-10,17H,1-3H3. The fraction of sp³-hybridized carbons (Fsp3) is 0.278. The Morgan fingerprint density at radius 3 is 2.73 bits per heavy atom. The van der Waals surface area contributed by atoms with Gasteiger partial charge < -0.3 is 4.74 Å². The second kappa shape index (κ2) is 4.53. The number of methoxy groups -OCH3 is 1. The lowest BCUT2D eigenvalue weighted by Gasteiger charge is -2.43. The molecule has 1 atom stereocenters. The third-order valence-corrected chi connectivity index (χ3v) is 6.21. The molecule has 0 bridgehead atoms. The molecule has 112 valence electrons. The molecular formula is C18H17NO2S. The lowest BCUT2D eigenvalue weighted by molar-refractivity contribution is 0.0964. The fourth-order valence-electron chi connectivity index (χ4n) is 3.37. The van der Waals surface area contributed by atoms with Crippen molar-refractivity contribution < 1.29 is 9.53 Å². The maximum atomic E-state index is 13.0. The van der Waals surface area contributed by atoms with Gasteiger partial charge in [0.05, 0.1) is 18.2 Å². The molecule has 2 aromatic carbocycles. The third-order valence-electron chi connectivity index (χ3n) is 4.59. The molecule has 2 aliphatic rings. The molecule has 0 aromatic heterocycles. The molecule has 2 aromatic rings. The minimum absolute atomic E-state index is 0.0806. The number of amides is 1. The largest absolute Gasteiger partial charge is 0.497 e. The summed E-state index contributed by atoms with van der Waals surface area (Å²) in [5.41, 5.74) is 2.72. The van der Waals surface area contributed by atoms with Gasteiger partial charge >= 0.3 is 0 Å². The Labute approximate surface area is 134 Å². The first-order valence-electron chi connectivity index (χ1n) is 7.32. The molecule has 0 fully saturated rings. The lowest BCUT2D eigenvalue weighted by atomic mass is 9.77. The number of nitrogens with zero attached hydrogens (tertiary/aromatic N) is 1. The van der Waals surface area contributed by atoms with Crippen LogP contribution in [0.4, 0.5) is 5.69 Å². The number of hydrogen-bond donors (Lipinski definition) is 0. The molecular weight excluding hydrogens is 294 g/mol. The zero-order chi connectivity index (χ0) is 15.5. The minimum Gasteiger partial charge on any atom is -0.497 e. The van der Waals surface area contributed by atoms with Gasteiger partial charge in [-0.2, -0.15) is 0 Å². The van der Waals surface area contributed by atoms with Crippen molar-refractivity contribution >= 4 is 23.4 Å². The van der Waals surface area contributed by atoms with Crippen LogP contribution in [-0.4, -0.2) is 18.4 Å². The number of fused-ring (bicyclic) bond motifs is 4. The number of carbonyl (C=O) groups is 1. The van der Waals surface area contributed by atoms with Crippen LogP contribution in [0, 0.1) is 0 Å². The van der Waals surface area contributed by atoms with Crippen molar-refractivity contribution in [3.05, 3.63) is 53.6 Å². The molecule has 0 spiro atoms. The highest BCUT2D eigenvalue weighted by Crippen LogP contribution is 2.54. The minimum atomic E-state index is -0.151. The van der Waals surface area contributed by atoms with Crippen molar-refractivity contribution in [3.63, 3.8) is 0 Å². The molecule has 0 aliphatic carbocycles. The van der Waals surface area contributed by atoms with Crippen molar-refractivity contribution in [2.24, 2.45) is 0 Å². The van der Waals surface area contributed by atoms with E-state index in [1.54, 1.807) is 18.9 Å². The van der Waals surface area contributed by atoms with Gasteiger partial charge in [-0.1, -0.05) is 37.7 Å². The summed E-state index contributed by atoms with van der Waals surface area (Å²) in [7, 11) is 1.66. The van der Waals surface area contributed by atoms with E-state index in [9.17, 15) is 4.79 Å². The number of hydrogen-bond acceptors (Lipinski definition) is 3. The first kappa shape index (κ1) is 13.7. The molecule has 4 rings (SSSR count). The predicted molar refractivity (Wildman–Crippen MR) is 88.9 cm³/mol. The van der Waals surface area contributed by atoms with E-state index < -0.39 is 0 Å². The van der Waals surface area contributed by atoms with Crippen LogP contribution in [0.5, 0.6) is 5.75 Å². The van der Waals surface area contributed by atoms with E-state index in [-0.39, 0.29) is 16.7 Å². The van der Waals surface area contributed by atoms with E-state index in [1.165, 1.54) is 4.90 Å². The number of thioether (sulfide) groups is 1. The van der Waals surface area contributed by atoms with E-state index >= 15 is 0 Å². The van der Waals surface area contributed by atoms with Gasteiger partial charge in [0.2, 0.25) is 0 Å². The Morgan fingerprint density at radius 1 is 1.18 bits per heavy atom. The topological polar surface area (TPSA) is 29.5 Å². The second-order valence-corrected chi connectivity index (χ2v) is 7.37. The SMILES string of the molecule is COc1ccc2c(c1)C(C)(C)C1Sc3ccccc3N1C2=O. The average molecular weight is 311 g/mol. The summed E-state index contributed by atoms with van der Waals surface area (Å²) >= 11 is 1.77. The molecule has 3 nitrogen and oxygen atoms in total. The van der Waals surface area contributed by atoms with Gasteiger partial charge in [-0.05, 0) is 35.9 Å². The third kappa shape index (κ3) is 1.67. The van der Waals surface area contributed by atoms with Crippen LogP contribution in [0.3, 0.4) is 0 Å². The van der Waals surface area contributed by atoms with Crippen molar-refractivity contribution in [2.45, 2.75) is 29.5 Å². The first-order chi connectivity index (χ1) is 10.5. The van der Waals surface area contributed by atoms with Crippen LogP contribution in [0.15, 0.2) is 47.4 Å². The molecule has 0 radical (unpaired) electrons. The highest BCUT2D eigenvalue weighted by molar-refractivity contribution is 8.00. The van der Waals surface area contributed by atoms with E-state index in [1.807, 2.05) is 41.3 Å². The molecule has 0 N–H and O–H groups in total. The molecule has 2 aliphatic heterocycles. The molecule has 1 unspecified atom stereocenters. The maximum Gasteiger partial charge on any atom is 0.259 e. The summed E-state index contributed by atoms with van der Waals surface area (Å²) in [6.07, 6.45) is 0. The Hall–Kier alpha value is -1.94. The Balaban J connectivity index is 1.93. The first-order valence-corrected chi connectivity index (χ1v) is 8.20. The number of carbonyl (C=O) groups excluding carboxylic acids is 1. The van der Waals surface area contributed by atoms with Crippen LogP contribution >= 0.6 is 11.8 Å². The zero-order valence-corrected chi connectivity index (χ0v) is 13.6. The van der Waals surface area contributed by atoms with Gasteiger partial charge in [0.25, 0.3) is 5.91 Å². The van der Waals surface area contributed by atoms with Crippen LogP contribution in [0.2, 0.25) is 0 Å². The van der Waals surface area contributed by atoms with Gasteiger partial charge in [0.1, 0.15) is 5.75 Å². The number of anilines is 1. The van der Waals surface area contributed by atoms with Crippen LogP contribution in [0.1, 0.15) is 29.8 Å². The Kier molecular flexibility index (Phi) is 2.82. The van der Waals surface area contributed by atoms with E-state index in [2.05, 4.69) is 19.9 Å². The molecule has 22 heavy (non-hydrogen) atoms. The number of para-hydroxylation sites is 1. The Morgan fingerprint density at radius 2 is 1.95 bits per heavy atom. The summed E-state index contributed by atoms with van der Waals surface area (Å²) in [6.45, 7) is 4.41. The normalized spacial score (nSPS) is 21.1. The summed E-state index contributed by atoms with van der Waals surface area (Å²) in [5.74, 6) is 0.882. The summed E-state index contributed by atoms with van der Waals surface area (Å²) < 4.78 is 5.35. The van der Waals surface area contributed by atoms with Crippen LogP contribution in [0.25, 0.3) is 0 Å². The predicted octanol–water partition coefficient (Wildman–Crippen LogP) is 4.07. The van der Waals surface area contributed by atoms with E-state index in [4.69, 9.17) is 4.74 Å². The molecule has 0 saturated carbocycles. The number of benzene rings is 2. The van der Waals surface area contributed by atoms with Gasteiger partial charge in [-0.25, -0.2) is 0 Å². The fourth-order valence-corrected chi connectivity index (χ4v) is 4.79. The summed E-state index contributed by atoms with van der Waals surface area (Å²) in [4.78, 5) is 16.1. The molecule has 1 amide bonds. The highest BCUT2D eigenvalue weighted by atomic mass is 32.2. The van der Waals surface area contributed by atoms with Crippen LogP contribution < -0.4 is 9.64 Å². The quantitative estimate of drug-likeness (QED) is 0.795.